The van der Waals surface area contributed by atoms with Gasteiger partial charge in [0.1, 0.15) is 11.9 Å². The third-order valence-electron chi connectivity index (χ3n) is 6.64. The minimum atomic E-state index is -0.999. The van der Waals surface area contributed by atoms with E-state index in [1.165, 1.54) is 0 Å². The summed E-state index contributed by atoms with van der Waals surface area (Å²) in [6.07, 6.45) is 2.23. The van der Waals surface area contributed by atoms with Gasteiger partial charge in [0.05, 0.1) is 12.2 Å². The predicted molar refractivity (Wildman–Crippen MR) is 161 cm³/mol. The number of ketones is 1. The molecule has 0 aliphatic carbocycles. The average molecular weight is 540 g/mol. The van der Waals surface area contributed by atoms with Crippen LogP contribution in [0.25, 0.3) is 11.4 Å². The average Bonchev–Trinajstić information content (AvgIpc) is 3.38. The Hall–Kier alpha value is -5.41. The number of imidazole rings is 1. The van der Waals surface area contributed by atoms with E-state index in [1.54, 1.807) is 48.5 Å². The Morgan fingerprint density at radius 2 is 1.54 bits per heavy atom. The number of para-hydroxylation sites is 1. The second-order valence-electron chi connectivity index (χ2n) is 9.68. The monoisotopic (exact) mass is 539 g/mol. The number of carbonyl (C=O) groups excluding carboxylic acids is 1. The van der Waals surface area contributed by atoms with Crippen molar-refractivity contribution in [2.75, 3.05) is 5.32 Å². The second kappa shape index (κ2) is 12.6. The van der Waals surface area contributed by atoms with Crippen molar-refractivity contribution in [2.24, 2.45) is 0 Å². The van der Waals surface area contributed by atoms with Gasteiger partial charge in [-0.3, -0.25) is 4.79 Å². The summed E-state index contributed by atoms with van der Waals surface area (Å²) < 4.78 is 2.04. The molecule has 5 aromatic rings. The van der Waals surface area contributed by atoms with E-state index in [-0.39, 0.29) is 12.2 Å². The summed E-state index contributed by atoms with van der Waals surface area (Å²) >= 11 is 0. The first-order valence-electron chi connectivity index (χ1n) is 13.3. The Morgan fingerprint density at radius 1 is 0.878 bits per heavy atom. The molecular weight excluding hydrogens is 510 g/mol. The molecule has 202 valence electrons. The maximum absolute atomic E-state index is 13.1. The van der Waals surface area contributed by atoms with Crippen molar-refractivity contribution >= 4 is 17.4 Å². The van der Waals surface area contributed by atoms with Crippen LogP contribution in [-0.4, -0.2) is 32.5 Å². The van der Waals surface area contributed by atoms with Crippen molar-refractivity contribution in [2.45, 2.75) is 25.9 Å². The molecule has 6 heteroatoms. The van der Waals surface area contributed by atoms with Crippen LogP contribution in [0, 0.1) is 18.8 Å². The molecule has 0 saturated heterocycles. The zero-order valence-electron chi connectivity index (χ0n) is 22.6. The van der Waals surface area contributed by atoms with Crippen molar-refractivity contribution in [3.63, 3.8) is 0 Å². The van der Waals surface area contributed by atoms with Gasteiger partial charge < -0.3 is 15.0 Å². The molecule has 0 radical (unpaired) electrons. The number of aromatic nitrogens is 2. The largest absolute Gasteiger partial charge is 0.480 e. The van der Waals surface area contributed by atoms with Crippen LogP contribution in [0.4, 0.5) is 5.69 Å². The number of rotatable bonds is 9. The van der Waals surface area contributed by atoms with Crippen LogP contribution in [-0.2, 0) is 17.8 Å². The molecule has 2 N–H and O–H groups in total. The fourth-order valence-corrected chi connectivity index (χ4v) is 4.61. The number of benzene rings is 4. The smallest absolute Gasteiger partial charge is 0.326 e. The summed E-state index contributed by atoms with van der Waals surface area (Å²) in [6, 6.07) is 32.6. The molecule has 1 heterocycles. The first-order chi connectivity index (χ1) is 20.0. The van der Waals surface area contributed by atoms with Gasteiger partial charge in [0.15, 0.2) is 5.78 Å². The molecule has 0 aliphatic rings. The summed E-state index contributed by atoms with van der Waals surface area (Å²) in [5.41, 5.74) is 5.12. The van der Waals surface area contributed by atoms with Gasteiger partial charge in [-0.05, 0) is 36.8 Å². The fourth-order valence-electron chi connectivity index (χ4n) is 4.61. The van der Waals surface area contributed by atoms with Gasteiger partial charge in [-0.15, -0.1) is 0 Å². The number of aliphatic carboxylic acids is 1. The molecule has 0 fully saturated rings. The van der Waals surface area contributed by atoms with Crippen LogP contribution in [0.2, 0.25) is 0 Å². The van der Waals surface area contributed by atoms with Crippen LogP contribution in [0.3, 0.4) is 0 Å². The summed E-state index contributed by atoms with van der Waals surface area (Å²) in [6.45, 7) is 2.47. The lowest BCUT2D eigenvalue weighted by atomic mass is 10.00. The summed E-state index contributed by atoms with van der Waals surface area (Å²) in [5.74, 6) is 6.13. The van der Waals surface area contributed by atoms with Gasteiger partial charge in [0.25, 0.3) is 0 Å². The van der Waals surface area contributed by atoms with Crippen molar-refractivity contribution < 1.29 is 14.7 Å². The number of hydrogen-bond donors (Lipinski definition) is 2. The number of carboxylic acids is 1. The number of nitrogens with zero attached hydrogens (tertiary/aromatic N) is 2. The molecule has 0 saturated carbocycles. The number of carbonyl (C=O) groups is 2. The molecule has 0 spiro atoms. The third-order valence-corrected chi connectivity index (χ3v) is 6.64. The van der Waals surface area contributed by atoms with E-state index in [4.69, 9.17) is 0 Å². The lowest BCUT2D eigenvalue weighted by molar-refractivity contribution is -0.137. The van der Waals surface area contributed by atoms with Crippen molar-refractivity contribution in [1.82, 2.24) is 9.55 Å². The van der Waals surface area contributed by atoms with Crippen LogP contribution in [0.1, 0.15) is 32.7 Å². The van der Waals surface area contributed by atoms with Gasteiger partial charge in [-0.2, -0.15) is 0 Å². The number of anilines is 1. The maximum atomic E-state index is 13.1. The molecule has 41 heavy (non-hydrogen) atoms. The van der Waals surface area contributed by atoms with Crippen LogP contribution >= 0.6 is 0 Å². The third kappa shape index (κ3) is 6.78. The first kappa shape index (κ1) is 27.2. The maximum Gasteiger partial charge on any atom is 0.326 e. The standard InChI is InChI=1S/C35H29N3O3/c1-25-24-38(34(36-25)29-14-6-3-7-15-29)22-10-11-26-18-20-27(21-19-26)23-32(35(40)41)37-31-17-9-8-16-30(31)33(39)28-12-4-2-5-13-28/h2-9,12-21,24,32,37H,22-23H2,1H3,(H,40,41)/t32-/m0/s1. The van der Waals surface area contributed by atoms with Gasteiger partial charge >= 0.3 is 5.97 Å². The van der Waals surface area contributed by atoms with E-state index >= 15 is 0 Å². The number of aryl methyl sites for hydroxylation is 1. The van der Waals surface area contributed by atoms with Crippen molar-refractivity contribution in [3.05, 3.63) is 143 Å². The SMILES string of the molecule is Cc1cn(CC#Cc2ccc(C[C@H](Nc3ccccc3C(=O)c3ccccc3)C(=O)O)cc2)c(-c2ccccc2)n1. The quantitative estimate of drug-likeness (QED) is 0.171. The molecule has 4 aromatic carbocycles. The normalized spacial score (nSPS) is 11.2. The highest BCUT2D eigenvalue weighted by Crippen LogP contribution is 2.22. The number of carboxylic acid groups (broad SMARTS) is 1. The number of nitrogens with one attached hydrogen (secondary N) is 1. The zero-order chi connectivity index (χ0) is 28.6. The molecule has 1 aromatic heterocycles. The summed E-state index contributed by atoms with van der Waals surface area (Å²) in [5, 5.41) is 13.0. The van der Waals surface area contributed by atoms with E-state index < -0.39 is 12.0 Å². The first-order valence-corrected chi connectivity index (χ1v) is 13.3. The van der Waals surface area contributed by atoms with Gasteiger partial charge in [0.2, 0.25) is 0 Å². The molecule has 0 aliphatic heterocycles. The Bertz CT molecular complexity index is 1710. The topological polar surface area (TPSA) is 84.2 Å². The molecule has 0 unspecified atom stereocenters. The Kier molecular flexibility index (Phi) is 8.37. The Labute approximate surface area is 239 Å². The van der Waals surface area contributed by atoms with Crippen LogP contribution in [0.5, 0.6) is 0 Å². The van der Waals surface area contributed by atoms with E-state index in [1.807, 2.05) is 78.4 Å². The lowest BCUT2D eigenvalue weighted by Crippen LogP contribution is -2.32. The van der Waals surface area contributed by atoms with Crippen LogP contribution < -0.4 is 5.32 Å². The van der Waals surface area contributed by atoms with Crippen molar-refractivity contribution in [1.29, 1.82) is 0 Å². The Balaban J connectivity index is 1.26. The minimum absolute atomic E-state index is 0.164. The fraction of sp³-hybridized carbons (Fsp3) is 0.114. The number of hydrogen-bond acceptors (Lipinski definition) is 4. The highest BCUT2D eigenvalue weighted by atomic mass is 16.4. The van der Waals surface area contributed by atoms with Gasteiger partial charge in [-0.25, -0.2) is 9.78 Å². The second-order valence-corrected chi connectivity index (χ2v) is 9.68. The van der Waals surface area contributed by atoms with Gasteiger partial charge in [0, 0.05) is 40.6 Å². The molecule has 0 amide bonds. The summed E-state index contributed by atoms with van der Waals surface area (Å²) in [4.78, 5) is 29.9. The van der Waals surface area contributed by atoms with E-state index in [0.29, 0.717) is 23.4 Å². The molecule has 0 bridgehead atoms. The molecular formula is C35H29N3O3. The predicted octanol–water partition coefficient (Wildman–Crippen LogP) is 6.25. The summed E-state index contributed by atoms with van der Waals surface area (Å²) in [7, 11) is 0. The Morgan fingerprint density at radius 3 is 2.24 bits per heavy atom. The lowest BCUT2D eigenvalue weighted by Gasteiger charge is -2.18. The highest BCUT2D eigenvalue weighted by molar-refractivity contribution is 6.12. The molecule has 5 rings (SSSR count). The highest BCUT2D eigenvalue weighted by Gasteiger charge is 2.21. The van der Waals surface area contributed by atoms with Crippen LogP contribution in [0.15, 0.2) is 115 Å². The van der Waals surface area contributed by atoms with Gasteiger partial charge in [-0.1, -0.05) is 96.8 Å². The van der Waals surface area contributed by atoms with E-state index in [2.05, 4.69) is 22.1 Å². The zero-order valence-corrected chi connectivity index (χ0v) is 22.6. The van der Waals surface area contributed by atoms with E-state index in [0.717, 1.165) is 28.2 Å². The minimum Gasteiger partial charge on any atom is -0.480 e. The molecule has 6 nitrogen and oxygen atoms in total. The van der Waals surface area contributed by atoms with E-state index in [9.17, 15) is 14.7 Å². The van der Waals surface area contributed by atoms with Crippen molar-refractivity contribution in [3.8, 4) is 23.2 Å². The molecule has 1 atom stereocenters.